The Balaban J connectivity index is 2.28. The lowest BCUT2D eigenvalue weighted by Crippen LogP contribution is -2.50. The Morgan fingerprint density at radius 3 is 2.68 bits per heavy atom. The van der Waals surface area contributed by atoms with Crippen molar-refractivity contribution in [2.24, 2.45) is 11.3 Å². The molecule has 1 N–H and O–H groups in total. The van der Waals surface area contributed by atoms with Gasteiger partial charge in [-0.05, 0) is 5.41 Å². The van der Waals surface area contributed by atoms with Gasteiger partial charge in [-0.15, -0.1) is 0 Å². The number of nitrogens with zero attached hydrogens (tertiary/aromatic N) is 2. The fourth-order valence-corrected chi connectivity index (χ4v) is 2.63. The average molecular weight is 313 g/mol. The van der Waals surface area contributed by atoms with Crippen LogP contribution in [0.15, 0.2) is 0 Å². The Morgan fingerprint density at radius 2 is 2.09 bits per heavy atom. The molecule has 0 unspecified atom stereocenters. The van der Waals surface area contributed by atoms with E-state index in [1.165, 1.54) is 0 Å². The van der Waals surface area contributed by atoms with Crippen LogP contribution in [-0.4, -0.2) is 74.7 Å². The summed E-state index contributed by atoms with van der Waals surface area (Å²) in [4.78, 5) is 16.2. The van der Waals surface area contributed by atoms with E-state index < -0.39 is 0 Å². The van der Waals surface area contributed by atoms with Crippen molar-refractivity contribution in [2.45, 2.75) is 40.7 Å². The largest absolute Gasteiger partial charge is 0.374 e. The van der Waals surface area contributed by atoms with E-state index in [2.05, 4.69) is 31.0 Å². The molecule has 22 heavy (non-hydrogen) atoms. The number of carbonyl (C=O) groups excluding carboxylic acids is 1. The molecular formula is C17H35N3O2. The number of likely N-dealkylation sites (N-methyl/N-ethyl adjacent to an activating group) is 1. The summed E-state index contributed by atoms with van der Waals surface area (Å²) in [5.41, 5.74) is 0.327. The first-order valence-electron chi connectivity index (χ1n) is 8.48. The number of amides is 1. The second-order valence-electron chi connectivity index (χ2n) is 7.90. The second kappa shape index (κ2) is 8.85. The van der Waals surface area contributed by atoms with E-state index in [1.807, 2.05) is 20.9 Å². The van der Waals surface area contributed by atoms with Crippen molar-refractivity contribution in [1.82, 2.24) is 15.1 Å². The molecule has 1 heterocycles. The molecule has 1 aliphatic heterocycles. The molecule has 5 heteroatoms. The standard InChI is InChI=1S/C17H35N3O2/c1-14(2)16(21)19(6)11-15-12-20(9-10-22-15)8-7-18-13-17(3,4)5/h14-15,18H,7-13H2,1-6H3/t15-/m1/s1. The third kappa shape index (κ3) is 7.56. The molecule has 1 fully saturated rings. The van der Waals surface area contributed by atoms with Crippen molar-refractivity contribution in [3.05, 3.63) is 0 Å². The van der Waals surface area contributed by atoms with Gasteiger partial charge in [0.15, 0.2) is 0 Å². The number of hydrogen-bond acceptors (Lipinski definition) is 4. The number of morpholine rings is 1. The van der Waals surface area contributed by atoms with E-state index in [1.54, 1.807) is 4.90 Å². The van der Waals surface area contributed by atoms with Crippen molar-refractivity contribution >= 4 is 5.91 Å². The van der Waals surface area contributed by atoms with E-state index in [-0.39, 0.29) is 17.9 Å². The molecule has 1 amide bonds. The number of rotatable bonds is 7. The quantitative estimate of drug-likeness (QED) is 0.722. The van der Waals surface area contributed by atoms with Gasteiger partial charge in [-0.3, -0.25) is 9.69 Å². The van der Waals surface area contributed by atoms with Gasteiger partial charge in [0.25, 0.3) is 0 Å². The fourth-order valence-electron chi connectivity index (χ4n) is 2.63. The average Bonchev–Trinajstić information content (AvgIpc) is 2.42. The highest BCUT2D eigenvalue weighted by atomic mass is 16.5. The summed E-state index contributed by atoms with van der Waals surface area (Å²) in [7, 11) is 1.87. The van der Waals surface area contributed by atoms with Gasteiger partial charge in [0, 0.05) is 52.2 Å². The highest BCUT2D eigenvalue weighted by Gasteiger charge is 2.24. The van der Waals surface area contributed by atoms with Crippen LogP contribution < -0.4 is 5.32 Å². The summed E-state index contributed by atoms with van der Waals surface area (Å²) < 4.78 is 5.81. The van der Waals surface area contributed by atoms with Gasteiger partial charge in [-0.2, -0.15) is 0 Å². The van der Waals surface area contributed by atoms with Gasteiger partial charge in [0.2, 0.25) is 5.91 Å². The lowest BCUT2D eigenvalue weighted by atomic mass is 9.97. The maximum absolute atomic E-state index is 11.9. The van der Waals surface area contributed by atoms with Crippen LogP contribution in [0.25, 0.3) is 0 Å². The zero-order valence-corrected chi connectivity index (χ0v) is 15.3. The Hall–Kier alpha value is -0.650. The summed E-state index contributed by atoms with van der Waals surface area (Å²) in [6.07, 6.45) is 0.129. The van der Waals surface area contributed by atoms with Crippen molar-refractivity contribution < 1.29 is 9.53 Å². The third-order valence-corrected chi connectivity index (χ3v) is 3.83. The van der Waals surface area contributed by atoms with Crippen LogP contribution in [0.3, 0.4) is 0 Å². The van der Waals surface area contributed by atoms with E-state index in [0.717, 1.165) is 39.3 Å². The normalized spacial score (nSPS) is 20.4. The maximum Gasteiger partial charge on any atom is 0.224 e. The van der Waals surface area contributed by atoms with Crippen LogP contribution in [-0.2, 0) is 9.53 Å². The van der Waals surface area contributed by atoms with Crippen molar-refractivity contribution in [2.75, 3.05) is 52.9 Å². The van der Waals surface area contributed by atoms with Crippen LogP contribution in [0.1, 0.15) is 34.6 Å². The van der Waals surface area contributed by atoms with Crippen molar-refractivity contribution in [3.8, 4) is 0 Å². The molecule has 0 bridgehead atoms. The van der Waals surface area contributed by atoms with Crippen molar-refractivity contribution in [3.63, 3.8) is 0 Å². The fraction of sp³-hybridized carbons (Fsp3) is 0.941. The number of nitrogens with one attached hydrogen (secondary N) is 1. The molecule has 1 rings (SSSR count). The first-order valence-corrected chi connectivity index (χ1v) is 8.48. The first-order chi connectivity index (χ1) is 10.2. The summed E-state index contributed by atoms with van der Waals surface area (Å²) in [6.45, 7) is 17.0. The Kier molecular flexibility index (Phi) is 7.80. The third-order valence-electron chi connectivity index (χ3n) is 3.83. The van der Waals surface area contributed by atoms with E-state index in [9.17, 15) is 4.79 Å². The van der Waals surface area contributed by atoms with Crippen LogP contribution in [0, 0.1) is 11.3 Å². The highest BCUT2D eigenvalue weighted by Crippen LogP contribution is 2.10. The molecule has 1 saturated heterocycles. The van der Waals surface area contributed by atoms with E-state index in [4.69, 9.17) is 4.74 Å². The minimum absolute atomic E-state index is 0.0475. The zero-order valence-electron chi connectivity index (χ0n) is 15.3. The monoisotopic (exact) mass is 313 g/mol. The highest BCUT2D eigenvalue weighted by molar-refractivity contribution is 5.77. The minimum Gasteiger partial charge on any atom is -0.374 e. The summed E-state index contributed by atoms with van der Waals surface area (Å²) in [6, 6.07) is 0. The van der Waals surface area contributed by atoms with Gasteiger partial charge >= 0.3 is 0 Å². The second-order valence-corrected chi connectivity index (χ2v) is 7.90. The summed E-state index contributed by atoms with van der Waals surface area (Å²) in [5, 5.41) is 3.51. The van der Waals surface area contributed by atoms with Crippen LogP contribution in [0.4, 0.5) is 0 Å². The SMILES string of the molecule is CC(C)C(=O)N(C)C[C@@H]1CN(CCNCC(C)(C)C)CCO1. The molecule has 5 nitrogen and oxygen atoms in total. The van der Waals surface area contributed by atoms with Crippen LogP contribution >= 0.6 is 0 Å². The zero-order chi connectivity index (χ0) is 16.8. The Bertz CT molecular complexity index is 339. The summed E-state index contributed by atoms with van der Waals surface area (Å²) >= 11 is 0. The Morgan fingerprint density at radius 1 is 1.41 bits per heavy atom. The molecule has 0 aromatic carbocycles. The molecule has 0 spiro atoms. The molecule has 0 aromatic rings. The van der Waals surface area contributed by atoms with Crippen LogP contribution in [0.5, 0.6) is 0 Å². The topological polar surface area (TPSA) is 44.8 Å². The van der Waals surface area contributed by atoms with Gasteiger partial charge in [-0.1, -0.05) is 34.6 Å². The predicted molar refractivity (Wildman–Crippen MR) is 91.0 cm³/mol. The first kappa shape index (κ1) is 19.4. The molecule has 1 atom stereocenters. The molecular weight excluding hydrogens is 278 g/mol. The smallest absolute Gasteiger partial charge is 0.224 e. The lowest BCUT2D eigenvalue weighted by molar-refractivity contribution is -0.136. The van der Waals surface area contributed by atoms with Gasteiger partial charge < -0.3 is 15.0 Å². The molecule has 0 saturated carbocycles. The van der Waals surface area contributed by atoms with E-state index >= 15 is 0 Å². The minimum atomic E-state index is 0.0475. The maximum atomic E-state index is 11.9. The van der Waals surface area contributed by atoms with Gasteiger partial charge in [0.05, 0.1) is 12.7 Å². The molecule has 1 aliphatic rings. The number of carbonyl (C=O) groups is 1. The van der Waals surface area contributed by atoms with Crippen LogP contribution in [0.2, 0.25) is 0 Å². The molecule has 0 aromatic heterocycles. The Labute approximate surface area is 136 Å². The van der Waals surface area contributed by atoms with Crippen molar-refractivity contribution in [1.29, 1.82) is 0 Å². The number of hydrogen-bond donors (Lipinski definition) is 1. The van der Waals surface area contributed by atoms with E-state index in [0.29, 0.717) is 12.0 Å². The van der Waals surface area contributed by atoms with Gasteiger partial charge in [0.1, 0.15) is 0 Å². The predicted octanol–water partition coefficient (Wildman–Crippen LogP) is 1.44. The lowest BCUT2D eigenvalue weighted by Gasteiger charge is -2.35. The number of ether oxygens (including phenoxy) is 1. The molecule has 0 aliphatic carbocycles. The summed E-state index contributed by atoms with van der Waals surface area (Å²) in [5.74, 6) is 0.235. The molecule has 0 radical (unpaired) electrons. The molecule has 130 valence electrons. The van der Waals surface area contributed by atoms with Gasteiger partial charge in [-0.25, -0.2) is 0 Å².